The first-order valence-electron chi connectivity index (χ1n) is 5.56. The van der Waals surface area contributed by atoms with E-state index in [9.17, 15) is 0 Å². The summed E-state index contributed by atoms with van der Waals surface area (Å²) in [6.45, 7) is 7.17. The SMILES string of the molecule is Cc1cc(C)cc(C2(C)CN=C(N)N2C)c1. The number of hydrogen-bond donors (Lipinski definition) is 1. The molecule has 3 nitrogen and oxygen atoms in total. The lowest BCUT2D eigenvalue weighted by Gasteiger charge is -2.34. The summed E-state index contributed by atoms with van der Waals surface area (Å²) in [4.78, 5) is 6.38. The Morgan fingerprint density at radius 3 is 2.25 bits per heavy atom. The summed E-state index contributed by atoms with van der Waals surface area (Å²) in [5.41, 5.74) is 9.61. The molecule has 0 bridgehead atoms. The van der Waals surface area contributed by atoms with E-state index in [0.29, 0.717) is 5.96 Å². The summed E-state index contributed by atoms with van der Waals surface area (Å²) in [7, 11) is 2.00. The number of hydrogen-bond acceptors (Lipinski definition) is 3. The van der Waals surface area contributed by atoms with Gasteiger partial charge in [-0.2, -0.15) is 0 Å². The van der Waals surface area contributed by atoms with Crippen molar-refractivity contribution in [1.29, 1.82) is 0 Å². The molecule has 0 aromatic heterocycles. The van der Waals surface area contributed by atoms with Gasteiger partial charge in [-0.05, 0) is 26.3 Å². The smallest absolute Gasteiger partial charge is 0.191 e. The van der Waals surface area contributed by atoms with Crippen LogP contribution in [0.4, 0.5) is 0 Å². The molecule has 1 aromatic carbocycles. The van der Waals surface area contributed by atoms with Crippen LogP contribution in [0.25, 0.3) is 0 Å². The fourth-order valence-electron chi connectivity index (χ4n) is 2.27. The Hall–Kier alpha value is -1.51. The van der Waals surface area contributed by atoms with Crippen molar-refractivity contribution in [2.75, 3.05) is 13.6 Å². The molecule has 1 aliphatic heterocycles. The third kappa shape index (κ3) is 1.56. The van der Waals surface area contributed by atoms with Crippen molar-refractivity contribution in [3.8, 4) is 0 Å². The third-order valence-electron chi connectivity index (χ3n) is 3.48. The lowest BCUT2D eigenvalue weighted by Crippen LogP contribution is -2.44. The van der Waals surface area contributed by atoms with E-state index in [2.05, 4.69) is 48.9 Å². The third-order valence-corrected chi connectivity index (χ3v) is 3.48. The Kier molecular flexibility index (Phi) is 2.41. The second-order valence-corrected chi connectivity index (χ2v) is 4.88. The molecule has 0 saturated carbocycles. The van der Waals surface area contributed by atoms with Gasteiger partial charge in [0.2, 0.25) is 0 Å². The molecule has 2 rings (SSSR count). The number of likely N-dealkylation sites (N-methyl/N-ethyl adjacent to an activating group) is 1. The fourth-order valence-corrected chi connectivity index (χ4v) is 2.27. The average Bonchev–Trinajstić information content (AvgIpc) is 2.46. The second kappa shape index (κ2) is 3.51. The highest BCUT2D eigenvalue weighted by atomic mass is 15.3. The van der Waals surface area contributed by atoms with Gasteiger partial charge >= 0.3 is 0 Å². The molecule has 0 saturated heterocycles. The van der Waals surface area contributed by atoms with Crippen molar-refractivity contribution in [3.05, 3.63) is 34.9 Å². The molecule has 1 unspecified atom stereocenters. The number of guanidine groups is 1. The van der Waals surface area contributed by atoms with E-state index in [1.165, 1.54) is 16.7 Å². The van der Waals surface area contributed by atoms with Crippen LogP contribution in [-0.2, 0) is 5.54 Å². The Balaban J connectivity index is 2.45. The van der Waals surface area contributed by atoms with Crippen molar-refractivity contribution in [3.63, 3.8) is 0 Å². The molecule has 0 spiro atoms. The van der Waals surface area contributed by atoms with E-state index in [0.717, 1.165) is 6.54 Å². The van der Waals surface area contributed by atoms with Gasteiger partial charge in [-0.3, -0.25) is 4.99 Å². The summed E-state index contributed by atoms with van der Waals surface area (Å²) in [6, 6.07) is 6.63. The van der Waals surface area contributed by atoms with E-state index < -0.39 is 0 Å². The number of aryl methyl sites for hydroxylation is 2. The Morgan fingerprint density at radius 2 is 1.81 bits per heavy atom. The highest BCUT2D eigenvalue weighted by Crippen LogP contribution is 2.32. The molecule has 1 aliphatic rings. The average molecular weight is 217 g/mol. The standard InChI is InChI=1S/C13H19N3/c1-9-5-10(2)7-11(6-9)13(3)8-15-12(14)16(13)4/h5-7H,8H2,1-4H3,(H2,14,15). The van der Waals surface area contributed by atoms with Crippen LogP contribution in [0.1, 0.15) is 23.6 Å². The highest BCUT2D eigenvalue weighted by Gasteiger charge is 2.37. The number of benzene rings is 1. The summed E-state index contributed by atoms with van der Waals surface area (Å²) in [5.74, 6) is 0.627. The number of nitrogens with two attached hydrogens (primary N) is 1. The first kappa shape index (κ1) is 11.0. The molecule has 16 heavy (non-hydrogen) atoms. The number of aliphatic imine (C=N–C) groups is 1. The van der Waals surface area contributed by atoms with Gasteiger partial charge in [0.15, 0.2) is 5.96 Å². The zero-order valence-electron chi connectivity index (χ0n) is 10.4. The maximum absolute atomic E-state index is 5.84. The number of nitrogens with zero attached hydrogens (tertiary/aromatic N) is 2. The Morgan fingerprint density at radius 1 is 1.25 bits per heavy atom. The van der Waals surface area contributed by atoms with Crippen molar-refractivity contribution < 1.29 is 0 Å². The Labute approximate surface area is 97.0 Å². The summed E-state index contributed by atoms with van der Waals surface area (Å²) >= 11 is 0. The fraction of sp³-hybridized carbons (Fsp3) is 0.462. The lowest BCUT2D eigenvalue weighted by atomic mass is 9.89. The van der Waals surface area contributed by atoms with Gasteiger partial charge in [0.25, 0.3) is 0 Å². The van der Waals surface area contributed by atoms with Crippen LogP contribution in [0.2, 0.25) is 0 Å². The molecule has 0 radical (unpaired) electrons. The molecule has 1 atom stereocenters. The minimum Gasteiger partial charge on any atom is -0.370 e. The van der Waals surface area contributed by atoms with Gasteiger partial charge < -0.3 is 10.6 Å². The van der Waals surface area contributed by atoms with Crippen molar-refractivity contribution in [2.45, 2.75) is 26.3 Å². The Bertz CT molecular complexity index is 430. The topological polar surface area (TPSA) is 41.6 Å². The van der Waals surface area contributed by atoms with Gasteiger partial charge in [0, 0.05) is 7.05 Å². The van der Waals surface area contributed by atoms with E-state index >= 15 is 0 Å². The second-order valence-electron chi connectivity index (χ2n) is 4.88. The van der Waals surface area contributed by atoms with Gasteiger partial charge in [-0.15, -0.1) is 0 Å². The molecule has 0 amide bonds. The minimum atomic E-state index is -0.0964. The van der Waals surface area contributed by atoms with Crippen LogP contribution >= 0.6 is 0 Å². The summed E-state index contributed by atoms with van der Waals surface area (Å²) in [5, 5.41) is 0. The largest absolute Gasteiger partial charge is 0.370 e. The zero-order chi connectivity index (χ0) is 11.9. The maximum Gasteiger partial charge on any atom is 0.191 e. The molecule has 2 N–H and O–H groups in total. The molecule has 3 heteroatoms. The van der Waals surface area contributed by atoms with E-state index in [1.807, 2.05) is 7.05 Å². The van der Waals surface area contributed by atoms with Crippen LogP contribution in [0.5, 0.6) is 0 Å². The molecule has 0 fully saturated rings. The molecular formula is C13H19N3. The first-order valence-corrected chi connectivity index (χ1v) is 5.56. The van der Waals surface area contributed by atoms with E-state index in [4.69, 9.17) is 5.73 Å². The van der Waals surface area contributed by atoms with Crippen molar-refractivity contribution >= 4 is 5.96 Å². The molecule has 1 heterocycles. The molecular weight excluding hydrogens is 198 g/mol. The highest BCUT2D eigenvalue weighted by molar-refractivity contribution is 5.81. The lowest BCUT2D eigenvalue weighted by molar-refractivity contribution is 0.267. The zero-order valence-corrected chi connectivity index (χ0v) is 10.4. The molecule has 86 valence electrons. The maximum atomic E-state index is 5.84. The quantitative estimate of drug-likeness (QED) is 0.779. The monoisotopic (exact) mass is 217 g/mol. The van der Waals surface area contributed by atoms with Crippen LogP contribution in [-0.4, -0.2) is 24.5 Å². The van der Waals surface area contributed by atoms with Crippen LogP contribution < -0.4 is 5.73 Å². The molecule has 0 aliphatic carbocycles. The van der Waals surface area contributed by atoms with Crippen LogP contribution in [0, 0.1) is 13.8 Å². The van der Waals surface area contributed by atoms with Crippen LogP contribution in [0.3, 0.4) is 0 Å². The molecule has 1 aromatic rings. The summed E-state index contributed by atoms with van der Waals surface area (Å²) < 4.78 is 0. The van der Waals surface area contributed by atoms with E-state index in [-0.39, 0.29) is 5.54 Å². The normalized spacial score (nSPS) is 24.8. The van der Waals surface area contributed by atoms with Gasteiger partial charge in [0.05, 0.1) is 12.1 Å². The first-order chi connectivity index (χ1) is 7.43. The summed E-state index contributed by atoms with van der Waals surface area (Å²) in [6.07, 6.45) is 0. The van der Waals surface area contributed by atoms with Crippen molar-refractivity contribution in [1.82, 2.24) is 4.90 Å². The number of rotatable bonds is 1. The van der Waals surface area contributed by atoms with Crippen molar-refractivity contribution in [2.24, 2.45) is 10.7 Å². The van der Waals surface area contributed by atoms with Crippen LogP contribution in [0.15, 0.2) is 23.2 Å². The van der Waals surface area contributed by atoms with E-state index in [1.54, 1.807) is 0 Å². The minimum absolute atomic E-state index is 0.0964. The predicted molar refractivity (Wildman–Crippen MR) is 67.5 cm³/mol. The van der Waals surface area contributed by atoms with Gasteiger partial charge in [-0.25, -0.2) is 0 Å². The predicted octanol–water partition coefficient (Wildman–Crippen LogP) is 1.78. The van der Waals surface area contributed by atoms with Gasteiger partial charge in [-0.1, -0.05) is 29.3 Å². The van der Waals surface area contributed by atoms with Gasteiger partial charge in [0.1, 0.15) is 0 Å².